The van der Waals surface area contributed by atoms with Crippen molar-refractivity contribution in [2.24, 2.45) is 0 Å². The molecule has 0 saturated carbocycles. The number of carbonyl (C=O) groups excluding carboxylic acids is 4. The molecule has 17 nitrogen and oxygen atoms in total. The lowest BCUT2D eigenvalue weighted by Gasteiger charge is -2.21. The van der Waals surface area contributed by atoms with Crippen molar-refractivity contribution in [3.63, 3.8) is 0 Å². The number of hydrogen-bond acceptors (Lipinski definition) is 15. The number of rotatable bonds is 64. The van der Waals surface area contributed by atoms with Crippen LogP contribution in [0.15, 0.2) is 48.6 Å². The highest BCUT2D eigenvalue weighted by Gasteiger charge is 2.30. The van der Waals surface area contributed by atoms with E-state index in [0.29, 0.717) is 25.7 Å². The van der Waals surface area contributed by atoms with Crippen molar-refractivity contribution in [3.8, 4) is 0 Å². The number of unbranched alkanes of at least 4 members (excludes halogenated alkanes) is 32. The van der Waals surface area contributed by atoms with Crippen LogP contribution in [0.5, 0.6) is 0 Å². The van der Waals surface area contributed by atoms with Gasteiger partial charge in [0.15, 0.2) is 12.2 Å². The highest BCUT2D eigenvalue weighted by atomic mass is 31.2. The topological polar surface area (TPSA) is 237 Å². The minimum Gasteiger partial charge on any atom is -0.462 e. The molecule has 5 atom stereocenters. The maximum Gasteiger partial charge on any atom is 0.472 e. The summed E-state index contributed by atoms with van der Waals surface area (Å²) < 4.78 is 67.9. The molecule has 0 fully saturated rings. The molecular formula is C67H122O17P2. The minimum absolute atomic E-state index is 0.0783. The first-order valence-electron chi connectivity index (χ1n) is 33.9. The molecule has 0 rings (SSSR count). The van der Waals surface area contributed by atoms with Gasteiger partial charge in [0.05, 0.1) is 26.4 Å². The molecule has 0 aromatic rings. The number of carbonyl (C=O) groups is 4. The van der Waals surface area contributed by atoms with Crippen LogP contribution < -0.4 is 0 Å². The zero-order chi connectivity index (χ0) is 63.3. The summed E-state index contributed by atoms with van der Waals surface area (Å²) in [4.78, 5) is 72.1. The van der Waals surface area contributed by atoms with Crippen molar-refractivity contribution >= 4 is 39.5 Å². The van der Waals surface area contributed by atoms with Gasteiger partial charge < -0.3 is 33.8 Å². The predicted molar refractivity (Wildman–Crippen MR) is 344 cm³/mol. The van der Waals surface area contributed by atoms with Gasteiger partial charge in [-0.05, 0) is 77.0 Å². The second-order valence-corrected chi connectivity index (χ2v) is 25.7. The van der Waals surface area contributed by atoms with Crippen molar-refractivity contribution in [1.82, 2.24) is 0 Å². The standard InChI is InChI=1S/C67H122O17P2/c1-5-9-13-17-21-25-27-29-31-33-35-37-41-44-48-52-65(70)78-58-63(84-67(72)54-50-46-42-38-36-34-32-30-28-26-22-18-14-10-6-2)60-82-86(75,76)80-56-61(68)55-79-85(73,74)81-59-62(83-66(71)53-49-45-40-24-20-16-12-8-4)57-77-64(69)51-47-43-39-23-19-15-11-7-3/h25-32,61-63,68H,5-24,33-60H2,1-4H3,(H,73,74)(H,75,76)/b27-25-,28-26-,31-29-,32-30-/t61-,62+,63+/m0/s1. The van der Waals surface area contributed by atoms with Crippen LogP contribution in [0.4, 0.5) is 0 Å². The van der Waals surface area contributed by atoms with E-state index in [0.717, 1.165) is 135 Å². The van der Waals surface area contributed by atoms with Crippen LogP contribution in [0.1, 0.15) is 297 Å². The number of aliphatic hydroxyl groups is 1. The summed E-state index contributed by atoms with van der Waals surface area (Å²) in [5.41, 5.74) is 0. The Balaban J connectivity index is 5.28. The van der Waals surface area contributed by atoms with Gasteiger partial charge >= 0.3 is 39.5 Å². The normalized spacial score (nSPS) is 14.5. The van der Waals surface area contributed by atoms with E-state index in [4.69, 9.17) is 37.0 Å². The lowest BCUT2D eigenvalue weighted by Crippen LogP contribution is -2.30. The number of aliphatic hydroxyl groups excluding tert-OH is 1. The summed E-state index contributed by atoms with van der Waals surface area (Å²) >= 11 is 0. The van der Waals surface area contributed by atoms with Gasteiger partial charge in [0.25, 0.3) is 0 Å². The Bertz CT molecular complexity index is 1840. The van der Waals surface area contributed by atoms with Crippen molar-refractivity contribution < 1.29 is 80.2 Å². The van der Waals surface area contributed by atoms with E-state index in [1.807, 2.05) is 0 Å². The summed E-state index contributed by atoms with van der Waals surface area (Å²) in [6.07, 6.45) is 53.1. The van der Waals surface area contributed by atoms with Crippen molar-refractivity contribution in [2.45, 2.75) is 316 Å². The summed E-state index contributed by atoms with van der Waals surface area (Å²) in [5.74, 6) is -2.19. The summed E-state index contributed by atoms with van der Waals surface area (Å²) in [6.45, 7) is 4.73. The Labute approximate surface area is 521 Å². The fraction of sp³-hybridized carbons (Fsp3) is 0.821. The quantitative estimate of drug-likeness (QED) is 0.0169. The van der Waals surface area contributed by atoms with E-state index >= 15 is 0 Å². The van der Waals surface area contributed by atoms with Crippen LogP contribution in [-0.4, -0.2) is 96.7 Å². The first-order chi connectivity index (χ1) is 41.7. The largest absolute Gasteiger partial charge is 0.472 e. The first-order valence-corrected chi connectivity index (χ1v) is 36.9. The van der Waals surface area contributed by atoms with Crippen molar-refractivity contribution in [1.29, 1.82) is 0 Å². The van der Waals surface area contributed by atoms with Gasteiger partial charge in [-0.1, -0.05) is 243 Å². The second-order valence-electron chi connectivity index (χ2n) is 22.8. The van der Waals surface area contributed by atoms with Crippen LogP contribution in [0.3, 0.4) is 0 Å². The van der Waals surface area contributed by atoms with Gasteiger partial charge in [0.1, 0.15) is 19.3 Å². The molecule has 0 aliphatic carbocycles. The molecule has 502 valence electrons. The fourth-order valence-corrected chi connectivity index (χ4v) is 10.7. The Morgan fingerprint density at radius 2 is 0.558 bits per heavy atom. The Morgan fingerprint density at radius 1 is 0.326 bits per heavy atom. The van der Waals surface area contributed by atoms with Crippen LogP contribution in [0, 0.1) is 0 Å². The number of allylic oxidation sites excluding steroid dienone is 8. The third-order valence-corrected chi connectivity index (χ3v) is 16.3. The Morgan fingerprint density at radius 3 is 0.849 bits per heavy atom. The van der Waals surface area contributed by atoms with Gasteiger partial charge in [0.2, 0.25) is 0 Å². The van der Waals surface area contributed by atoms with Gasteiger partial charge in [-0.15, -0.1) is 0 Å². The van der Waals surface area contributed by atoms with E-state index < -0.39 is 97.5 Å². The second kappa shape index (κ2) is 60.9. The van der Waals surface area contributed by atoms with E-state index in [2.05, 4.69) is 76.3 Å². The number of phosphoric ester groups is 2. The molecule has 0 aromatic carbocycles. The molecule has 0 aliphatic rings. The van der Waals surface area contributed by atoms with Gasteiger partial charge in [-0.2, -0.15) is 0 Å². The first kappa shape index (κ1) is 83.0. The summed E-state index contributed by atoms with van der Waals surface area (Å²) in [7, 11) is -9.91. The average molecular weight is 1260 g/mol. The van der Waals surface area contributed by atoms with E-state index in [9.17, 15) is 43.2 Å². The molecule has 0 spiro atoms. The number of phosphoric acid groups is 2. The third kappa shape index (κ3) is 60.0. The van der Waals surface area contributed by atoms with E-state index in [1.165, 1.54) is 83.5 Å². The highest BCUT2D eigenvalue weighted by molar-refractivity contribution is 7.47. The molecule has 0 aliphatic heterocycles. The SMILES string of the molecule is CCCCCC/C=C\C=C/CCCCCCCC(=O)OC[C@H](COP(=O)(O)OC[C@@H](O)COP(=O)(O)OC[C@@H](COC(=O)CCCCCCCCCC)OC(=O)CCCCCCCCCC)OC(=O)CCCCCCC/C=C\C=C/CCCCCC. The number of ether oxygens (including phenoxy) is 4. The maximum absolute atomic E-state index is 13.0. The van der Waals surface area contributed by atoms with E-state index in [-0.39, 0.29) is 25.7 Å². The van der Waals surface area contributed by atoms with Crippen LogP contribution in [0.25, 0.3) is 0 Å². The smallest absolute Gasteiger partial charge is 0.462 e. The molecule has 0 radical (unpaired) electrons. The molecule has 0 saturated heterocycles. The number of esters is 4. The molecular weight excluding hydrogens is 1140 g/mol. The zero-order valence-electron chi connectivity index (χ0n) is 54.2. The van der Waals surface area contributed by atoms with E-state index in [1.54, 1.807) is 0 Å². The molecule has 2 unspecified atom stereocenters. The molecule has 0 amide bonds. The lowest BCUT2D eigenvalue weighted by molar-refractivity contribution is -0.161. The van der Waals surface area contributed by atoms with Crippen LogP contribution in [0.2, 0.25) is 0 Å². The minimum atomic E-state index is -4.96. The molecule has 3 N–H and O–H groups in total. The Kier molecular flexibility index (Phi) is 58.8. The van der Waals surface area contributed by atoms with Gasteiger partial charge in [-0.25, -0.2) is 9.13 Å². The Hall–Kier alpha value is -2.98. The van der Waals surface area contributed by atoms with Crippen LogP contribution in [-0.2, 0) is 65.4 Å². The molecule has 0 heterocycles. The van der Waals surface area contributed by atoms with Gasteiger partial charge in [-0.3, -0.25) is 37.3 Å². The van der Waals surface area contributed by atoms with Crippen molar-refractivity contribution in [2.75, 3.05) is 39.6 Å². The summed E-state index contributed by atoms with van der Waals surface area (Å²) in [6, 6.07) is 0. The predicted octanol–water partition coefficient (Wildman–Crippen LogP) is 18.2. The number of hydrogen-bond donors (Lipinski definition) is 3. The average Bonchev–Trinajstić information content (AvgIpc) is 3.62. The lowest BCUT2D eigenvalue weighted by atomic mass is 10.1. The van der Waals surface area contributed by atoms with Crippen LogP contribution >= 0.6 is 15.6 Å². The highest BCUT2D eigenvalue weighted by Crippen LogP contribution is 2.45. The van der Waals surface area contributed by atoms with Crippen molar-refractivity contribution in [3.05, 3.63) is 48.6 Å². The fourth-order valence-electron chi connectivity index (χ4n) is 9.08. The monoisotopic (exact) mass is 1260 g/mol. The molecule has 19 heteroatoms. The molecule has 0 aromatic heterocycles. The molecule has 86 heavy (non-hydrogen) atoms. The molecule has 0 bridgehead atoms. The van der Waals surface area contributed by atoms with Gasteiger partial charge in [0, 0.05) is 25.7 Å². The third-order valence-electron chi connectivity index (χ3n) is 14.4. The maximum atomic E-state index is 13.0. The summed E-state index contributed by atoms with van der Waals surface area (Å²) in [5, 5.41) is 10.5. The zero-order valence-corrected chi connectivity index (χ0v) is 56.0.